The van der Waals surface area contributed by atoms with Gasteiger partial charge in [-0.15, -0.1) is 0 Å². The molecule has 1 heterocycles. The first-order valence-corrected chi connectivity index (χ1v) is 7.98. The Morgan fingerprint density at radius 1 is 0.577 bits per heavy atom. The molecule has 0 spiro atoms. The highest BCUT2D eigenvalue weighted by Crippen LogP contribution is 2.22. The molecule has 12 nitrogen and oxygen atoms in total. The van der Waals surface area contributed by atoms with Crippen molar-refractivity contribution in [2.45, 2.75) is 11.4 Å². The van der Waals surface area contributed by atoms with E-state index < -0.39 is 23.4 Å². The van der Waals surface area contributed by atoms with Crippen molar-refractivity contribution in [1.29, 1.82) is 0 Å². The zero-order valence-electron chi connectivity index (χ0n) is 14.4. The molecule has 1 aliphatic heterocycles. The predicted molar refractivity (Wildman–Crippen MR) is 84.3 cm³/mol. The van der Waals surface area contributed by atoms with Crippen molar-refractivity contribution in [3.63, 3.8) is 0 Å². The van der Waals surface area contributed by atoms with Gasteiger partial charge in [0.05, 0.1) is 66.1 Å². The van der Waals surface area contributed by atoms with Crippen LogP contribution in [0.3, 0.4) is 0 Å². The molecule has 26 heavy (non-hydrogen) atoms. The third-order valence-electron chi connectivity index (χ3n) is 3.42. The molecule has 1 saturated heterocycles. The number of aliphatic carboxylic acids is 2. The van der Waals surface area contributed by atoms with E-state index in [9.17, 15) is 19.8 Å². The van der Waals surface area contributed by atoms with Gasteiger partial charge in [0.1, 0.15) is 0 Å². The van der Waals surface area contributed by atoms with Gasteiger partial charge in [-0.05, 0) is 0 Å². The zero-order valence-corrected chi connectivity index (χ0v) is 14.4. The van der Waals surface area contributed by atoms with Crippen LogP contribution in [0.4, 0.5) is 0 Å². The minimum absolute atomic E-state index is 0.0507. The van der Waals surface area contributed by atoms with Gasteiger partial charge in [-0.2, -0.15) is 0 Å². The standard InChI is InChI=1S/C14H26N2O10/c15-13(11(17)18)14(16,12(19)20)26-10-8-24-6-4-22-2-1-21-3-5-23-7-9-25-13/h1-10,15-16H2,(H,17,18)(H,19,20)/t13-,14+. The number of rotatable bonds is 2. The molecule has 0 radical (unpaired) electrons. The van der Waals surface area contributed by atoms with Gasteiger partial charge < -0.3 is 38.6 Å². The Balaban J connectivity index is 2.78. The average molecular weight is 382 g/mol. The van der Waals surface area contributed by atoms with Crippen LogP contribution in [0.15, 0.2) is 0 Å². The number of nitrogens with two attached hydrogens (primary N) is 2. The number of ether oxygens (including phenoxy) is 6. The normalized spacial score (nSPS) is 31.5. The maximum atomic E-state index is 11.5. The fraction of sp³-hybridized carbons (Fsp3) is 0.857. The van der Waals surface area contributed by atoms with Crippen LogP contribution < -0.4 is 11.5 Å². The average Bonchev–Trinajstić information content (AvgIpc) is 2.59. The van der Waals surface area contributed by atoms with Gasteiger partial charge in [-0.25, -0.2) is 9.59 Å². The van der Waals surface area contributed by atoms with Crippen molar-refractivity contribution in [2.24, 2.45) is 11.5 Å². The van der Waals surface area contributed by atoms with Gasteiger partial charge in [-0.3, -0.25) is 11.5 Å². The maximum absolute atomic E-state index is 11.5. The van der Waals surface area contributed by atoms with E-state index in [4.69, 9.17) is 39.9 Å². The molecule has 0 unspecified atom stereocenters. The first-order valence-electron chi connectivity index (χ1n) is 7.98. The van der Waals surface area contributed by atoms with Crippen LogP contribution in [0.2, 0.25) is 0 Å². The van der Waals surface area contributed by atoms with E-state index in [1.807, 2.05) is 0 Å². The quantitative estimate of drug-likeness (QED) is 0.397. The van der Waals surface area contributed by atoms with E-state index in [2.05, 4.69) is 0 Å². The highest BCUT2D eigenvalue weighted by molar-refractivity contribution is 5.90. The Kier molecular flexibility index (Phi) is 9.90. The monoisotopic (exact) mass is 382 g/mol. The molecule has 1 aliphatic rings. The fourth-order valence-electron chi connectivity index (χ4n) is 1.94. The van der Waals surface area contributed by atoms with Gasteiger partial charge in [0, 0.05) is 0 Å². The molecule has 0 aromatic heterocycles. The van der Waals surface area contributed by atoms with Crippen LogP contribution in [0.5, 0.6) is 0 Å². The van der Waals surface area contributed by atoms with Gasteiger partial charge in [-0.1, -0.05) is 0 Å². The molecule has 0 aromatic rings. The van der Waals surface area contributed by atoms with Crippen molar-refractivity contribution < 1.29 is 48.2 Å². The molecule has 0 bridgehead atoms. The number of carboxylic acid groups (broad SMARTS) is 2. The van der Waals surface area contributed by atoms with Crippen molar-refractivity contribution in [1.82, 2.24) is 0 Å². The Hall–Kier alpha value is -1.38. The summed E-state index contributed by atoms with van der Waals surface area (Å²) in [7, 11) is 0. The van der Waals surface area contributed by atoms with Crippen LogP contribution in [0, 0.1) is 0 Å². The molecule has 1 rings (SSSR count). The van der Waals surface area contributed by atoms with E-state index in [0.717, 1.165) is 0 Å². The van der Waals surface area contributed by atoms with Crippen molar-refractivity contribution in [3.8, 4) is 0 Å². The van der Waals surface area contributed by atoms with Crippen LogP contribution in [-0.2, 0) is 38.0 Å². The summed E-state index contributed by atoms with van der Waals surface area (Å²) in [5.74, 6) is -3.59. The molecular formula is C14H26N2O10. The summed E-state index contributed by atoms with van der Waals surface area (Å²) in [6.07, 6.45) is 0. The summed E-state index contributed by atoms with van der Waals surface area (Å²) in [4.78, 5) is 23.1. The van der Waals surface area contributed by atoms with Gasteiger partial charge in [0.15, 0.2) is 0 Å². The second kappa shape index (κ2) is 11.4. The second-order valence-electron chi connectivity index (χ2n) is 5.23. The summed E-state index contributed by atoms with van der Waals surface area (Å²) in [6, 6.07) is 0. The van der Waals surface area contributed by atoms with Crippen molar-refractivity contribution in [2.75, 3.05) is 66.1 Å². The molecule has 0 amide bonds. The third-order valence-corrected chi connectivity index (χ3v) is 3.42. The Morgan fingerprint density at radius 3 is 1.04 bits per heavy atom. The van der Waals surface area contributed by atoms with Crippen molar-refractivity contribution in [3.05, 3.63) is 0 Å². The van der Waals surface area contributed by atoms with Crippen LogP contribution >= 0.6 is 0 Å². The van der Waals surface area contributed by atoms with Crippen LogP contribution in [-0.4, -0.2) is 99.7 Å². The van der Waals surface area contributed by atoms with E-state index >= 15 is 0 Å². The highest BCUT2D eigenvalue weighted by atomic mass is 16.6. The van der Waals surface area contributed by atoms with Crippen molar-refractivity contribution >= 4 is 11.9 Å². The Bertz CT molecular complexity index is 411. The molecule has 0 aliphatic carbocycles. The summed E-state index contributed by atoms with van der Waals surface area (Å²) < 4.78 is 31.0. The van der Waals surface area contributed by atoms with Crippen LogP contribution in [0.1, 0.15) is 0 Å². The minimum Gasteiger partial charge on any atom is -0.478 e. The van der Waals surface area contributed by atoms with Gasteiger partial charge in [0.2, 0.25) is 0 Å². The summed E-state index contributed by atoms with van der Waals surface area (Å²) in [6.45, 7) is 1.08. The summed E-state index contributed by atoms with van der Waals surface area (Å²) in [5.41, 5.74) is 5.60. The molecule has 0 saturated carbocycles. The molecule has 0 aromatic carbocycles. The molecule has 152 valence electrons. The lowest BCUT2D eigenvalue weighted by atomic mass is 10.0. The van der Waals surface area contributed by atoms with Crippen LogP contribution in [0.25, 0.3) is 0 Å². The van der Waals surface area contributed by atoms with E-state index in [-0.39, 0.29) is 39.6 Å². The predicted octanol–water partition coefficient (Wildman–Crippen LogP) is -2.42. The lowest BCUT2D eigenvalue weighted by molar-refractivity contribution is -0.233. The number of hydrogen-bond donors (Lipinski definition) is 4. The Labute approximate surface area is 150 Å². The first kappa shape index (κ1) is 22.7. The zero-order chi connectivity index (χ0) is 19.5. The van der Waals surface area contributed by atoms with Gasteiger partial charge >= 0.3 is 11.9 Å². The third kappa shape index (κ3) is 6.41. The van der Waals surface area contributed by atoms with Gasteiger partial charge in [0.25, 0.3) is 11.4 Å². The maximum Gasteiger partial charge on any atom is 0.356 e. The molecule has 1 fully saturated rings. The molecule has 6 N–H and O–H groups in total. The lowest BCUT2D eigenvalue weighted by Gasteiger charge is -2.38. The summed E-state index contributed by atoms with van der Waals surface area (Å²) >= 11 is 0. The SMILES string of the molecule is N[C@@]1(C(=O)O)OCCOCCOCCOCCOCCO[C@]1(N)C(=O)O. The number of carbonyl (C=O) groups is 2. The minimum atomic E-state index is -2.84. The molecular weight excluding hydrogens is 356 g/mol. The Morgan fingerprint density at radius 2 is 0.808 bits per heavy atom. The van der Waals surface area contributed by atoms with E-state index in [1.165, 1.54) is 0 Å². The van der Waals surface area contributed by atoms with E-state index in [1.54, 1.807) is 0 Å². The highest BCUT2D eigenvalue weighted by Gasteiger charge is 2.61. The number of carboxylic acids is 2. The molecule has 12 heteroatoms. The number of hydrogen-bond acceptors (Lipinski definition) is 10. The summed E-state index contributed by atoms with van der Waals surface area (Å²) in [5, 5.41) is 18.7. The smallest absolute Gasteiger partial charge is 0.356 e. The first-order chi connectivity index (χ1) is 12.3. The lowest BCUT2D eigenvalue weighted by Crippen LogP contribution is -2.76. The molecule has 2 atom stereocenters. The second-order valence-corrected chi connectivity index (χ2v) is 5.23. The topological polar surface area (TPSA) is 182 Å². The largest absolute Gasteiger partial charge is 0.478 e. The fourth-order valence-corrected chi connectivity index (χ4v) is 1.94. The van der Waals surface area contributed by atoms with E-state index in [0.29, 0.717) is 26.4 Å².